The lowest BCUT2D eigenvalue weighted by atomic mass is 9.88. The van der Waals surface area contributed by atoms with Crippen LogP contribution in [-0.4, -0.2) is 141 Å². The van der Waals surface area contributed by atoms with Crippen molar-refractivity contribution in [2.75, 3.05) is 51.0 Å². The number of aromatic nitrogens is 1. The number of amides is 4. The number of alkyl carbamates (subject to hydrolysis) is 1. The van der Waals surface area contributed by atoms with Gasteiger partial charge >= 0.3 is 12.3 Å². The van der Waals surface area contributed by atoms with Crippen molar-refractivity contribution in [1.82, 2.24) is 29.5 Å². The second kappa shape index (κ2) is 18.2. The van der Waals surface area contributed by atoms with Gasteiger partial charge in [0.25, 0.3) is 5.91 Å². The Kier molecular flexibility index (Phi) is 13.6. The van der Waals surface area contributed by atoms with Crippen molar-refractivity contribution >= 4 is 60.3 Å². The summed E-state index contributed by atoms with van der Waals surface area (Å²) in [6.07, 6.45) is 0.997. The number of benzene rings is 1. The van der Waals surface area contributed by atoms with Gasteiger partial charge in [0.05, 0.1) is 36.5 Å². The van der Waals surface area contributed by atoms with Crippen LogP contribution in [0.15, 0.2) is 36.5 Å². The molecule has 23 heteroatoms. The van der Waals surface area contributed by atoms with E-state index in [-0.39, 0.29) is 44.3 Å². The standard InChI is InChI=1S/C44H60F3N7O11S2/c1-26-10-8-9-11-28-23-43(28,39(57)51-67(61,62)42(5)14-15-42)50-36(55)33-22-30(25-54(33)38(56)35(27(2)20-26)49-40(58)65-41(3,4)44(45,46)47)64-37-31-13-12-29(63-6)21-32(31)34(24-48-37)52-16-18-53(19-17-52)66(7,59)60/h9,11-13,21,24,26-28,30,33,35H,8,10,14-20,22-23,25H2,1-7H3,(H,49,58)(H,50,55)(H,51,57)/b11-9-/t26-,27-,28-,30-,33+,35+,43-/m1/s1. The molecule has 2 saturated carbocycles. The first-order valence-corrected chi connectivity index (χ1v) is 25.8. The number of methoxy groups -OCH3 is 1. The molecule has 18 nitrogen and oxygen atoms in total. The number of allylic oxidation sites excluding steroid dienone is 1. The third-order valence-corrected chi connectivity index (χ3v) is 17.4. The summed E-state index contributed by atoms with van der Waals surface area (Å²) < 4.78 is 112. The third-order valence-electron chi connectivity index (χ3n) is 13.9. The van der Waals surface area contributed by atoms with Crippen molar-refractivity contribution in [1.29, 1.82) is 0 Å². The lowest BCUT2D eigenvalue weighted by Crippen LogP contribution is -2.59. The van der Waals surface area contributed by atoms with Gasteiger partial charge in [-0.2, -0.15) is 17.5 Å². The van der Waals surface area contributed by atoms with Crippen molar-refractivity contribution in [3.63, 3.8) is 0 Å². The van der Waals surface area contributed by atoms with Crippen LogP contribution in [0.25, 0.3) is 10.8 Å². The monoisotopic (exact) mass is 983 g/mol. The molecule has 0 unspecified atom stereocenters. The van der Waals surface area contributed by atoms with Gasteiger partial charge in [0.2, 0.25) is 43.3 Å². The number of hydrogen-bond acceptors (Lipinski definition) is 13. The molecule has 7 rings (SSSR count). The van der Waals surface area contributed by atoms with E-state index in [4.69, 9.17) is 14.2 Å². The number of alkyl halides is 3. The van der Waals surface area contributed by atoms with Crippen molar-refractivity contribution in [3.05, 3.63) is 36.5 Å². The highest BCUT2D eigenvalue weighted by molar-refractivity contribution is 7.91. The molecule has 5 aliphatic rings. The zero-order chi connectivity index (χ0) is 49.1. The molecule has 4 fully saturated rings. The molecule has 370 valence electrons. The highest BCUT2D eigenvalue weighted by Gasteiger charge is 2.63. The smallest absolute Gasteiger partial charge is 0.427 e. The quantitative estimate of drug-likeness (QED) is 0.287. The first-order chi connectivity index (χ1) is 31.2. The number of hydrogen-bond donors (Lipinski definition) is 3. The first kappa shape index (κ1) is 50.0. The number of ether oxygens (including phenoxy) is 3. The molecule has 1 aromatic heterocycles. The van der Waals surface area contributed by atoms with Gasteiger partial charge in [-0.25, -0.2) is 26.6 Å². The van der Waals surface area contributed by atoms with Crippen LogP contribution in [0.1, 0.15) is 79.6 Å². The van der Waals surface area contributed by atoms with Crippen LogP contribution >= 0.6 is 0 Å². The minimum absolute atomic E-state index is 0.0700. The highest BCUT2D eigenvalue weighted by Crippen LogP contribution is 2.48. The van der Waals surface area contributed by atoms with Crippen molar-refractivity contribution in [3.8, 4) is 11.6 Å². The maximum absolute atomic E-state index is 15.0. The lowest BCUT2D eigenvalue weighted by Gasteiger charge is -2.35. The number of piperazine rings is 1. The van der Waals surface area contributed by atoms with Crippen molar-refractivity contribution in [2.24, 2.45) is 17.8 Å². The molecule has 4 amide bonds. The molecule has 7 atom stereocenters. The summed E-state index contributed by atoms with van der Waals surface area (Å²) in [6.45, 7) is 7.44. The maximum Gasteiger partial charge on any atom is 0.427 e. The highest BCUT2D eigenvalue weighted by atomic mass is 32.2. The van der Waals surface area contributed by atoms with Crippen LogP contribution in [0.4, 0.5) is 23.7 Å². The number of nitrogens with one attached hydrogen (secondary N) is 3. The Bertz CT molecular complexity index is 2530. The number of carbonyl (C=O) groups excluding carboxylic acids is 4. The van der Waals surface area contributed by atoms with Crippen LogP contribution in [0.5, 0.6) is 11.6 Å². The summed E-state index contributed by atoms with van der Waals surface area (Å²) in [4.78, 5) is 64.9. The zero-order valence-electron chi connectivity index (χ0n) is 38.6. The molecule has 67 heavy (non-hydrogen) atoms. The summed E-state index contributed by atoms with van der Waals surface area (Å²) in [5.41, 5.74) is -3.93. The number of rotatable bonds is 10. The molecule has 2 aromatic rings. The molecular formula is C44H60F3N7O11S2. The number of anilines is 1. The van der Waals surface area contributed by atoms with E-state index in [1.165, 1.54) is 23.2 Å². The van der Waals surface area contributed by atoms with E-state index in [2.05, 4.69) is 20.3 Å². The largest absolute Gasteiger partial charge is 0.497 e. The Balaban J connectivity index is 1.23. The fourth-order valence-corrected chi connectivity index (χ4v) is 11.3. The van der Waals surface area contributed by atoms with E-state index in [9.17, 15) is 49.2 Å². The number of carbonyl (C=O) groups is 4. The maximum atomic E-state index is 15.0. The molecular weight excluding hydrogens is 924 g/mol. The van der Waals surface area contributed by atoms with Gasteiger partial charge in [0.1, 0.15) is 29.5 Å². The van der Waals surface area contributed by atoms with E-state index in [1.807, 2.05) is 17.9 Å². The normalized spacial score (nSPS) is 29.0. The van der Waals surface area contributed by atoms with Gasteiger partial charge in [0, 0.05) is 49.3 Å². The lowest BCUT2D eigenvalue weighted by molar-refractivity contribution is -0.244. The SMILES string of the molecule is COc1ccc2c(O[C@@H]3C[C@H]4C(=O)N[C@]5(C(=O)NS(=O)(=O)C6(C)CC6)C[C@H]5/C=C\CC[C@@H](C)C[C@@H](C)[C@H](NC(=O)OC(C)(C)C(F)(F)F)C(=O)N4C3)ncc(N3CCN(S(C)(=O)=O)CC3)c2c1. The molecule has 1 aromatic carbocycles. The number of sulfonamides is 2. The van der Waals surface area contributed by atoms with E-state index < -0.39 is 95.9 Å². The molecule has 0 bridgehead atoms. The van der Waals surface area contributed by atoms with Crippen molar-refractivity contribution in [2.45, 2.75) is 120 Å². The molecule has 0 spiro atoms. The number of fused-ring (bicyclic) bond motifs is 3. The molecule has 2 aliphatic carbocycles. The van der Waals surface area contributed by atoms with Crippen LogP contribution in [0.3, 0.4) is 0 Å². The number of nitrogens with zero attached hydrogens (tertiary/aromatic N) is 4. The molecule has 3 N–H and O–H groups in total. The Labute approximate surface area is 388 Å². The van der Waals surface area contributed by atoms with Gasteiger partial charge in [-0.05, 0) is 89.3 Å². The van der Waals surface area contributed by atoms with Gasteiger partial charge in [-0.1, -0.05) is 26.0 Å². The summed E-state index contributed by atoms with van der Waals surface area (Å²) in [5.74, 6) is -3.27. The average molecular weight is 984 g/mol. The Morgan fingerprint density at radius 3 is 2.31 bits per heavy atom. The van der Waals surface area contributed by atoms with Crippen molar-refractivity contribution < 1.29 is 63.4 Å². The topological polar surface area (TPSA) is 223 Å². The predicted molar refractivity (Wildman–Crippen MR) is 240 cm³/mol. The second-order valence-corrected chi connectivity index (χ2v) is 23.7. The van der Waals surface area contributed by atoms with E-state index in [1.54, 1.807) is 37.4 Å². The summed E-state index contributed by atoms with van der Waals surface area (Å²) in [6, 6.07) is 2.34. The summed E-state index contributed by atoms with van der Waals surface area (Å²) >= 11 is 0. The fourth-order valence-electron chi connectivity index (χ4n) is 9.11. The van der Waals surface area contributed by atoms with Crippen LogP contribution < -0.4 is 29.7 Å². The van der Waals surface area contributed by atoms with E-state index in [0.29, 0.717) is 81.3 Å². The van der Waals surface area contributed by atoms with Crippen LogP contribution in [-0.2, 0) is 39.2 Å². The Morgan fingerprint density at radius 2 is 1.69 bits per heavy atom. The predicted octanol–water partition coefficient (Wildman–Crippen LogP) is 3.99. The summed E-state index contributed by atoms with van der Waals surface area (Å²) in [7, 11) is -6.02. The van der Waals surface area contributed by atoms with Gasteiger partial charge in [-0.3, -0.25) is 19.1 Å². The van der Waals surface area contributed by atoms with Gasteiger partial charge in [-0.15, -0.1) is 0 Å². The Morgan fingerprint density at radius 1 is 1.00 bits per heavy atom. The number of pyridine rings is 1. The van der Waals surface area contributed by atoms with Gasteiger partial charge in [0.15, 0.2) is 0 Å². The second-order valence-electron chi connectivity index (χ2n) is 19.5. The Hall–Kier alpha value is -4.90. The van der Waals surface area contributed by atoms with Gasteiger partial charge < -0.3 is 34.6 Å². The zero-order valence-corrected chi connectivity index (χ0v) is 40.3. The average Bonchev–Trinajstić information content (AvgIpc) is 4.13. The third kappa shape index (κ3) is 10.4. The number of halogens is 3. The first-order valence-electron chi connectivity index (χ1n) is 22.4. The molecule has 0 radical (unpaired) electrons. The van der Waals surface area contributed by atoms with E-state index in [0.717, 1.165) is 6.26 Å². The summed E-state index contributed by atoms with van der Waals surface area (Å²) in [5, 5.41) is 6.37. The van der Waals surface area contributed by atoms with Crippen LogP contribution in [0, 0.1) is 17.8 Å². The fraction of sp³-hybridized carbons (Fsp3) is 0.659. The molecule has 2 saturated heterocycles. The van der Waals surface area contributed by atoms with Crippen LogP contribution in [0.2, 0.25) is 0 Å². The minimum Gasteiger partial charge on any atom is -0.497 e. The van der Waals surface area contributed by atoms with E-state index >= 15 is 0 Å². The molecule has 3 aliphatic heterocycles. The minimum atomic E-state index is -4.94. The molecule has 4 heterocycles.